The lowest BCUT2D eigenvalue weighted by Crippen LogP contribution is -2.13. The predicted octanol–water partition coefficient (Wildman–Crippen LogP) is 4.41. The standard InChI is InChI=1S/C19H19BrN2O3/c1-23-17-7-13(8-18(9-17)24-2)10-21-11-16-12-25-19(22-16)14-3-5-15(20)6-4-14/h3-9,12,21H,10-11H2,1-2H3. The van der Waals surface area contributed by atoms with Gasteiger partial charge in [0.2, 0.25) is 5.89 Å². The van der Waals surface area contributed by atoms with Crippen LogP contribution in [0.1, 0.15) is 11.3 Å². The van der Waals surface area contributed by atoms with Crippen LogP contribution in [0, 0.1) is 0 Å². The van der Waals surface area contributed by atoms with Crippen LogP contribution in [0.2, 0.25) is 0 Å². The maximum atomic E-state index is 5.56. The van der Waals surface area contributed by atoms with Crippen LogP contribution in [0.15, 0.2) is 57.6 Å². The molecule has 25 heavy (non-hydrogen) atoms. The first-order valence-corrected chi connectivity index (χ1v) is 8.60. The van der Waals surface area contributed by atoms with Gasteiger partial charge in [0.05, 0.1) is 19.9 Å². The number of benzene rings is 2. The Labute approximate surface area is 155 Å². The van der Waals surface area contributed by atoms with E-state index in [1.807, 2.05) is 42.5 Å². The van der Waals surface area contributed by atoms with E-state index in [2.05, 4.69) is 26.2 Å². The third-order valence-corrected chi connectivity index (χ3v) is 4.22. The maximum absolute atomic E-state index is 5.56. The van der Waals surface area contributed by atoms with Gasteiger partial charge in [-0.05, 0) is 42.0 Å². The molecule has 0 unspecified atom stereocenters. The summed E-state index contributed by atoms with van der Waals surface area (Å²) >= 11 is 3.42. The van der Waals surface area contributed by atoms with E-state index in [9.17, 15) is 0 Å². The van der Waals surface area contributed by atoms with Gasteiger partial charge in [0.15, 0.2) is 0 Å². The molecule has 5 nitrogen and oxygen atoms in total. The summed E-state index contributed by atoms with van der Waals surface area (Å²) in [5, 5.41) is 3.35. The minimum atomic E-state index is 0.611. The zero-order valence-corrected chi connectivity index (χ0v) is 15.7. The first-order valence-electron chi connectivity index (χ1n) is 7.81. The molecule has 0 aliphatic rings. The van der Waals surface area contributed by atoms with Gasteiger partial charge in [-0.25, -0.2) is 4.98 Å². The number of nitrogens with one attached hydrogen (secondary N) is 1. The van der Waals surface area contributed by atoms with Gasteiger partial charge >= 0.3 is 0 Å². The number of aromatic nitrogens is 1. The van der Waals surface area contributed by atoms with Gasteiger partial charge in [0.1, 0.15) is 17.8 Å². The van der Waals surface area contributed by atoms with Crippen LogP contribution in [-0.4, -0.2) is 19.2 Å². The zero-order valence-electron chi connectivity index (χ0n) is 14.1. The lowest BCUT2D eigenvalue weighted by Gasteiger charge is -2.08. The van der Waals surface area contributed by atoms with Crippen LogP contribution >= 0.6 is 15.9 Å². The summed E-state index contributed by atoms with van der Waals surface area (Å²) in [6, 6.07) is 13.7. The van der Waals surface area contributed by atoms with Crippen molar-refractivity contribution in [1.29, 1.82) is 0 Å². The van der Waals surface area contributed by atoms with Crippen LogP contribution in [0.4, 0.5) is 0 Å². The molecule has 3 aromatic rings. The molecule has 2 aromatic carbocycles. The highest BCUT2D eigenvalue weighted by molar-refractivity contribution is 9.10. The van der Waals surface area contributed by atoms with E-state index in [0.29, 0.717) is 19.0 Å². The average molecular weight is 403 g/mol. The van der Waals surface area contributed by atoms with Gasteiger partial charge in [-0.1, -0.05) is 15.9 Å². The van der Waals surface area contributed by atoms with Gasteiger partial charge in [-0.2, -0.15) is 0 Å². The summed E-state index contributed by atoms with van der Waals surface area (Å²) in [5.41, 5.74) is 2.88. The van der Waals surface area contributed by atoms with E-state index in [-0.39, 0.29) is 0 Å². The molecule has 0 aliphatic carbocycles. The van der Waals surface area contributed by atoms with Crippen LogP contribution < -0.4 is 14.8 Å². The van der Waals surface area contributed by atoms with Crippen LogP contribution in [0.25, 0.3) is 11.5 Å². The molecular weight excluding hydrogens is 384 g/mol. The third-order valence-electron chi connectivity index (χ3n) is 3.69. The molecule has 1 aromatic heterocycles. The molecule has 0 radical (unpaired) electrons. The van der Waals surface area contributed by atoms with Crippen molar-refractivity contribution in [3.63, 3.8) is 0 Å². The SMILES string of the molecule is COc1cc(CNCc2coc(-c3ccc(Br)cc3)n2)cc(OC)c1. The summed E-state index contributed by atoms with van der Waals surface area (Å²) in [6.45, 7) is 1.29. The molecule has 0 saturated carbocycles. The molecule has 0 atom stereocenters. The Morgan fingerprint density at radius 1 is 1.00 bits per heavy atom. The van der Waals surface area contributed by atoms with E-state index in [0.717, 1.165) is 32.8 Å². The molecule has 130 valence electrons. The van der Waals surface area contributed by atoms with Crippen molar-refractivity contribution < 1.29 is 13.9 Å². The van der Waals surface area contributed by atoms with Crippen molar-refractivity contribution in [3.05, 3.63) is 64.5 Å². The lowest BCUT2D eigenvalue weighted by molar-refractivity contribution is 0.393. The highest BCUT2D eigenvalue weighted by Gasteiger charge is 2.07. The number of rotatable bonds is 7. The predicted molar refractivity (Wildman–Crippen MR) is 99.7 cm³/mol. The topological polar surface area (TPSA) is 56.5 Å². The molecule has 0 spiro atoms. The quantitative estimate of drug-likeness (QED) is 0.633. The Bertz CT molecular complexity index is 809. The summed E-state index contributed by atoms with van der Waals surface area (Å²) in [6.07, 6.45) is 1.68. The Morgan fingerprint density at radius 3 is 2.32 bits per heavy atom. The Hall–Kier alpha value is -2.31. The summed E-state index contributed by atoms with van der Waals surface area (Å²) in [4.78, 5) is 4.51. The minimum Gasteiger partial charge on any atom is -0.497 e. The Morgan fingerprint density at radius 2 is 1.68 bits per heavy atom. The van der Waals surface area contributed by atoms with Crippen molar-refractivity contribution in [2.45, 2.75) is 13.1 Å². The molecule has 0 bridgehead atoms. The number of oxazole rings is 1. The van der Waals surface area contributed by atoms with Crippen LogP contribution in [0.3, 0.4) is 0 Å². The fourth-order valence-corrected chi connectivity index (χ4v) is 2.68. The molecular formula is C19H19BrN2O3. The molecule has 1 heterocycles. The maximum Gasteiger partial charge on any atom is 0.226 e. The summed E-state index contributed by atoms with van der Waals surface area (Å²) in [7, 11) is 3.29. The fraction of sp³-hybridized carbons (Fsp3) is 0.211. The first kappa shape index (κ1) is 17.5. The Balaban J connectivity index is 1.60. The van der Waals surface area contributed by atoms with E-state index < -0.39 is 0 Å². The number of methoxy groups -OCH3 is 2. The molecule has 0 saturated heterocycles. The highest BCUT2D eigenvalue weighted by Crippen LogP contribution is 2.23. The average Bonchev–Trinajstić information content (AvgIpc) is 3.11. The number of hydrogen-bond donors (Lipinski definition) is 1. The second kappa shape index (κ2) is 8.18. The van der Waals surface area contributed by atoms with Gasteiger partial charge in [-0.15, -0.1) is 0 Å². The zero-order chi connectivity index (χ0) is 17.6. The molecule has 0 fully saturated rings. The second-order valence-corrected chi connectivity index (χ2v) is 6.39. The molecule has 0 aliphatic heterocycles. The van der Waals surface area contributed by atoms with Crippen LogP contribution in [-0.2, 0) is 13.1 Å². The number of nitrogens with zero attached hydrogens (tertiary/aromatic N) is 1. The van der Waals surface area contributed by atoms with E-state index in [1.54, 1.807) is 20.5 Å². The largest absolute Gasteiger partial charge is 0.497 e. The third kappa shape index (κ3) is 4.61. The Kier molecular flexibility index (Phi) is 5.73. The minimum absolute atomic E-state index is 0.611. The van der Waals surface area contributed by atoms with Gasteiger partial charge in [-0.3, -0.25) is 0 Å². The van der Waals surface area contributed by atoms with Crippen molar-refractivity contribution in [1.82, 2.24) is 10.3 Å². The highest BCUT2D eigenvalue weighted by atomic mass is 79.9. The second-order valence-electron chi connectivity index (χ2n) is 5.48. The number of ether oxygens (including phenoxy) is 2. The van der Waals surface area contributed by atoms with E-state index in [1.165, 1.54) is 0 Å². The molecule has 3 rings (SSSR count). The van der Waals surface area contributed by atoms with Crippen molar-refractivity contribution in [3.8, 4) is 23.0 Å². The van der Waals surface area contributed by atoms with Crippen molar-refractivity contribution in [2.75, 3.05) is 14.2 Å². The van der Waals surface area contributed by atoms with Gasteiger partial charge < -0.3 is 19.2 Å². The van der Waals surface area contributed by atoms with Gasteiger partial charge in [0.25, 0.3) is 0 Å². The van der Waals surface area contributed by atoms with Crippen molar-refractivity contribution >= 4 is 15.9 Å². The van der Waals surface area contributed by atoms with Gasteiger partial charge in [0, 0.05) is 29.2 Å². The van der Waals surface area contributed by atoms with Crippen LogP contribution in [0.5, 0.6) is 11.5 Å². The molecule has 0 amide bonds. The van der Waals surface area contributed by atoms with E-state index in [4.69, 9.17) is 13.9 Å². The molecule has 1 N–H and O–H groups in total. The number of halogens is 1. The summed E-state index contributed by atoms with van der Waals surface area (Å²) in [5.74, 6) is 2.16. The van der Waals surface area contributed by atoms with Crippen molar-refractivity contribution in [2.24, 2.45) is 0 Å². The fourth-order valence-electron chi connectivity index (χ4n) is 2.42. The number of hydrogen-bond acceptors (Lipinski definition) is 5. The lowest BCUT2D eigenvalue weighted by atomic mass is 10.2. The monoisotopic (exact) mass is 402 g/mol. The summed E-state index contributed by atoms with van der Waals surface area (Å²) < 4.78 is 17.2. The normalized spacial score (nSPS) is 10.7. The molecule has 6 heteroatoms. The first-order chi connectivity index (χ1) is 12.2. The van der Waals surface area contributed by atoms with E-state index >= 15 is 0 Å². The smallest absolute Gasteiger partial charge is 0.226 e.